The van der Waals surface area contributed by atoms with E-state index in [1.165, 1.54) is 5.57 Å². The van der Waals surface area contributed by atoms with Gasteiger partial charge in [-0.05, 0) is 74.7 Å². The second kappa shape index (κ2) is 9.20. The van der Waals surface area contributed by atoms with Crippen LogP contribution >= 0.6 is 0 Å². The highest BCUT2D eigenvalue weighted by Gasteiger charge is 2.08. The lowest BCUT2D eigenvalue weighted by atomic mass is 9.97. The molecule has 0 aliphatic carbocycles. The van der Waals surface area contributed by atoms with Crippen molar-refractivity contribution in [2.24, 2.45) is 0 Å². The summed E-state index contributed by atoms with van der Waals surface area (Å²) in [7, 11) is 0. The number of hydrogen-bond donors (Lipinski definition) is 0. The van der Waals surface area contributed by atoms with Crippen molar-refractivity contribution in [3.05, 3.63) is 108 Å². The Labute approximate surface area is 173 Å². The van der Waals surface area contributed by atoms with Gasteiger partial charge in [-0.2, -0.15) is 0 Å². The summed E-state index contributed by atoms with van der Waals surface area (Å²) in [6.45, 7) is 12.4. The Balaban J connectivity index is 1.95. The van der Waals surface area contributed by atoms with Crippen molar-refractivity contribution in [3.63, 3.8) is 0 Å². The van der Waals surface area contributed by atoms with Crippen LogP contribution in [0.4, 0.5) is 0 Å². The van der Waals surface area contributed by atoms with Crippen LogP contribution in [0.3, 0.4) is 0 Å². The van der Waals surface area contributed by atoms with Crippen LogP contribution in [0.5, 0.6) is 11.5 Å². The number of pyridine rings is 1. The van der Waals surface area contributed by atoms with E-state index in [-0.39, 0.29) is 0 Å². The first kappa shape index (κ1) is 20.3. The Hall–Kier alpha value is -3.39. The molecule has 3 aromatic rings. The molecule has 0 unspecified atom stereocenters. The monoisotopic (exact) mass is 381 g/mol. The Morgan fingerprint density at radius 1 is 1.00 bits per heavy atom. The van der Waals surface area contributed by atoms with Gasteiger partial charge in [-0.1, -0.05) is 60.2 Å². The summed E-state index contributed by atoms with van der Waals surface area (Å²) in [6.07, 6.45) is 6.06. The predicted molar refractivity (Wildman–Crippen MR) is 123 cm³/mol. The summed E-state index contributed by atoms with van der Waals surface area (Å²) in [6, 6.07) is 20.3. The zero-order valence-electron chi connectivity index (χ0n) is 17.6. The molecule has 0 amide bonds. The van der Waals surface area contributed by atoms with E-state index < -0.39 is 0 Å². The van der Waals surface area contributed by atoms with Crippen LogP contribution in [0, 0.1) is 6.92 Å². The standard InChI is InChI=1S/C27H27NO/c1-6-20(4)16-25(19(2)3)22-10-9-11-24(17-22)29-27-18-23(14-13-21(27)5)26-12-7-8-15-28-26/h6-18H,2H2,1,3-5H3/b20-6-,25-16+. The van der Waals surface area contributed by atoms with Crippen molar-refractivity contribution >= 4 is 5.57 Å². The smallest absolute Gasteiger partial charge is 0.131 e. The lowest BCUT2D eigenvalue weighted by Crippen LogP contribution is -1.92. The first-order valence-electron chi connectivity index (χ1n) is 9.79. The summed E-state index contributed by atoms with van der Waals surface area (Å²) in [5.74, 6) is 1.63. The maximum absolute atomic E-state index is 6.27. The molecule has 1 heterocycles. The molecule has 0 radical (unpaired) electrons. The third kappa shape index (κ3) is 5.11. The van der Waals surface area contributed by atoms with Crippen LogP contribution in [0.2, 0.25) is 0 Å². The molecule has 3 rings (SSSR count). The number of hydrogen-bond acceptors (Lipinski definition) is 2. The number of rotatable bonds is 6. The van der Waals surface area contributed by atoms with E-state index in [1.807, 2.05) is 50.2 Å². The Kier molecular flexibility index (Phi) is 6.46. The molecule has 29 heavy (non-hydrogen) atoms. The van der Waals surface area contributed by atoms with Crippen LogP contribution in [-0.2, 0) is 0 Å². The molecule has 0 saturated heterocycles. The molecule has 0 spiro atoms. The van der Waals surface area contributed by atoms with Crippen molar-refractivity contribution in [2.45, 2.75) is 27.7 Å². The Morgan fingerprint density at radius 3 is 2.52 bits per heavy atom. The topological polar surface area (TPSA) is 22.1 Å². The largest absolute Gasteiger partial charge is 0.457 e. The lowest BCUT2D eigenvalue weighted by molar-refractivity contribution is 0.479. The van der Waals surface area contributed by atoms with Gasteiger partial charge < -0.3 is 4.74 Å². The Bertz CT molecular complexity index is 1070. The molecule has 2 heteroatoms. The van der Waals surface area contributed by atoms with Gasteiger partial charge in [-0.25, -0.2) is 0 Å². The van der Waals surface area contributed by atoms with E-state index in [2.05, 4.69) is 61.8 Å². The van der Waals surface area contributed by atoms with Gasteiger partial charge in [-0.15, -0.1) is 0 Å². The molecule has 0 N–H and O–H groups in total. The van der Waals surface area contributed by atoms with Crippen molar-refractivity contribution in [1.29, 1.82) is 0 Å². The molecular formula is C27H27NO. The van der Waals surface area contributed by atoms with E-state index in [1.54, 1.807) is 6.20 Å². The predicted octanol–water partition coefficient (Wildman–Crippen LogP) is 7.78. The number of ether oxygens (including phenoxy) is 1. The third-order valence-corrected chi connectivity index (χ3v) is 4.81. The van der Waals surface area contributed by atoms with Gasteiger partial charge in [0.15, 0.2) is 0 Å². The van der Waals surface area contributed by atoms with Crippen molar-refractivity contribution in [1.82, 2.24) is 4.98 Å². The summed E-state index contributed by atoms with van der Waals surface area (Å²) in [5, 5.41) is 0. The van der Waals surface area contributed by atoms with E-state index in [0.717, 1.165) is 45.0 Å². The SMILES string of the molecule is C=C(C)/C(=C\C(C)=C/C)c1cccc(Oc2cc(-c3ccccn3)ccc2C)c1. The molecule has 2 nitrogen and oxygen atoms in total. The van der Waals surface area contributed by atoms with Crippen LogP contribution in [0.1, 0.15) is 31.9 Å². The van der Waals surface area contributed by atoms with E-state index in [0.29, 0.717) is 0 Å². The van der Waals surface area contributed by atoms with Crippen LogP contribution in [0.15, 0.2) is 96.7 Å². The zero-order chi connectivity index (χ0) is 20.8. The highest BCUT2D eigenvalue weighted by molar-refractivity contribution is 5.80. The fourth-order valence-electron chi connectivity index (χ4n) is 3.02. The highest BCUT2D eigenvalue weighted by Crippen LogP contribution is 2.32. The minimum atomic E-state index is 0.800. The van der Waals surface area contributed by atoms with Gasteiger partial charge >= 0.3 is 0 Å². The maximum atomic E-state index is 6.27. The molecule has 0 saturated carbocycles. The molecule has 1 aromatic heterocycles. The zero-order valence-corrected chi connectivity index (χ0v) is 17.6. The quantitative estimate of drug-likeness (QED) is 0.407. The Morgan fingerprint density at radius 2 is 1.83 bits per heavy atom. The normalized spacial score (nSPS) is 12.0. The second-order valence-corrected chi connectivity index (χ2v) is 7.20. The van der Waals surface area contributed by atoms with Gasteiger partial charge in [0.1, 0.15) is 11.5 Å². The number of aromatic nitrogens is 1. The third-order valence-electron chi connectivity index (χ3n) is 4.81. The molecule has 0 bridgehead atoms. The fourth-order valence-corrected chi connectivity index (χ4v) is 3.02. The van der Waals surface area contributed by atoms with Crippen LogP contribution in [0.25, 0.3) is 16.8 Å². The number of nitrogens with zero attached hydrogens (tertiary/aromatic N) is 1. The summed E-state index contributed by atoms with van der Waals surface area (Å²) in [4.78, 5) is 4.44. The van der Waals surface area contributed by atoms with Crippen LogP contribution in [-0.4, -0.2) is 4.98 Å². The maximum Gasteiger partial charge on any atom is 0.131 e. The molecule has 2 aromatic carbocycles. The lowest BCUT2D eigenvalue weighted by Gasteiger charge is -2.13. The fraction of sp³-hybridized carbons (Fsp3) is 0.148. The van der Waals surface area contributed by atoms with Gasteiger partial charge in [0.05, 0.1) is 5.69 Å². The average Bonchev–Trinajstić information content (AvgIpc) is 2.74. The molecule has 0 aliphatic rings. The molecule has 146 valence electrons. The second-order valence-electron chi connectivity index (χ2n) is 7.20. The molecular weight excluding hydrogens is 354 g/mol. The number of allylic oxidation sites excluding steroid dienone is 5. The van der Waals surface area contributed by atoms with Crippen molar-refractivity contribution in [3.8, 4) is 22.8 Å². The minimum absolute atomic E-state index is 0.800. The first-order valence-corrected chi connectivity index (χ1v) is 9.79. The van der Waals surface area contributed by atoms with Crippen molar-refractivity contribution < 1.29 is 4.74 Å². The number of benzene rings is 2. The van der Waals surface area contributed by atoms with Crippen molar-refractivity contribution in [2.75, 3.05) is 0 Å². The molecule has 0 aliphatic heterocycles. The van der Waals surface area contributed by atoms with E-state index in [9.17, 15) is 0 Å². The average molecular weight is 382 g/mol. The van der Waals surface area contributed by atoms with E-state index in [4.69, 9.17) is 4.74 Å². The molecule has 0 atom stereocenters. The van der Waals surface area contributed by atoms with Gasteiger partial charge in [0.2, 0.25) is 0 Å². The van der Waals surface area contributed by atoms with Gasteiger partial charge in [0.25, 0.3) is 0 Å². The highest BCUT2D eigenvalue weighted by atomic mass is 16.5. The van der Waals surface area contributed by atoms with Crippen LogP contribution < -0.4 is 4.74 Å². The van der Waals surface area contributed by atoms with Gasteiger partial charge in [0, 0.05) is 11.8 Å². The number of aryl methyl sites for hydroxylation is 1. The first-order chi connectivity index (χ1) is 14.0. The minimum Gasteiger partial charge on any atom is -0.457 e. The summed E-state index contributed by atoms with van der Waals surface area (Å²) < 4.78 is 6.27. The summed E-state index contributed by atoms with van der Waals surface area (Å²) in [5.41, 5.74) is 7.48. The molecule has 0 fully saturated rings. The van der Waals surface area contributed by atoms with Gasteiger partial charge in [-0.3, -0.25) is 4.98 Å². The van der Waals surface area contributed by atoms with E-state index >= 15 is 0 Å². The summed E-state index contributed by atoms with van der Waals surface area (Å²) >= 11 is 0.